The molecule has 2 nitrogen and oxygen atoms in total. The van der Waals surface area contributed by atoms with Crippen molar-refractivity contribution in [3.63, 3.8) is 0 Å². The molecule has 0 aromatic heterocycles. The normalized spacial score (nSPS) is 12.5. The number of aliphatic hydroxyl groups is 1. The molecule has 0 heterocycles. The Balaban J connectivity index is 2.66. The fraction of sp³-hybridized carbons (Fsp3) is 0.417. The first-order chi connectivity index (χ1) is 7.54. The van der Waals surface area contributed by atoms with Gasteiger partial charge in [-0.3, -0.25) is 4.79 Å². The Morgan fingerprint density at radius 1 is 1.38 bits per heavy atom. The van der Waals surface area contributed by atoms with Crippen LogP contribution in [0.3, 0.4) is 0 Å². The molecule has 0 bridgehead atoms. The molecule has 1 unspecified atom stereocenters. The highest BCUT2D eigenvalue weighted by atomic mass is 19.2. The number of benzene rings is 1. The highest BCUT2D eigenvalue weighted by Crippen LogP contribution is 2.11. The van der Waals surface area contributed by atoms with Gasteiger partial charge in [-0.05, 0) is 24.1 Å². The van der Waals surface area contributed by atoms with Crippen molar-refractivity contribution in [2.75, 3.05) is 0 Å². The zero-order chi connectivity index (χ0) is 12.1. The Morgan fingerprint density at radius 2 is 2.06 bits per heavy atom. The summed E-state index contributed by atoms with van der Waals surface area (Å²) in [7, 11) is 0. The van der Waals surface area contributed by atoms with Gasteiger partial charge in [0, 0.05) is 6.42 Å². The van der Waals surface area contributed by atoms with Crippen molar-refractivity contribution in [1.29, 1.82) is 0 Å². The summed E-state index contributed by atoms with van der Waals surface area (Å²) in [5.74, 6) is -2.28. The van der Waals surface area contributed by atoms with Gasteiger partial charge in [-0.1, -0.05) is 19.4 Å². The van der Waals surface area contributed by atoms with E-state index in [0.717, 1.165) is 12.1 Å². The summed E-state index contributed by atoms with van der Waals surface area (Å²) in [6.07, 6.45) is 0.00377. The van der Waals surface area contributed by atoms with Crippen molar-refractivity contribution in [2.45, 2.75) is 32.3 Å². The highest BCUT2D eigenvalue weighted by Gasteiger charge is 2.15. The maximum atomic E-state index is 12.8. The van der Waals surface area contributed by atoms with Gasteiger partial charge in [0.15, 0.2) is 17.4 Å². The monoisotopic (exact) mass is 228 g/mol. The summed E-state index contributed by atoms with van der Waals surface area (Å²) >= 11 is 0. The third kappa shape index (κ3) is 3.38. The molecule has 1 N–H and O–H groups in total. The van der Waals surface area contributed by atoms with Crippen LogP contribution < -0.4 is 0 Å². The average Bonchev–Trinajstić information content (AvgIpc) is 2.24. The Labute approximate surface area is 92.9 Å². The van der Waals surface area contributed by atoms with Crippen LogP contribution in [-0.4, -0.2) is 17.0 Å². The third-order valence-electron chi connectivity index (χ3n) is 2.30. The molecule has 0 aliphatic rings. The van der Waals surface area contributed by atoms with Gasteiger partial charge in [-0.15, -0.1) is 0 Å². The van der Waals surface area contributed by atoms with Crippen molar-refractivity contribution in [1.82, 2.24) is 0 Å². The molecule has 0 fully saturated rings. The fourth-order valence-corrected chi connectivity index (χ4v) is 1.40. The predicted molar refractivity (Wildman–Crippen MR) is 56.0 cm³/mol. The average molecular weight is 228 g/mol. The third-order valence-corrected chi connectivity index (χ3v) is 2.30. The number of rotatable bonds is 5. The molecule has 0 spiro atoms. The molecule has 1 rings (SSSR count). The number of hydrogen-bond donors (Lipinski definition) is 1. The molecule has 0 aliphatic carbocycles. The van der Waals surface area contributed by atoms with E-state index in [2.05, 4.69) is 0 Å². The van der Waals surface area contributed by atoms with E-state index in [4.69, 9.17) is 0 Å². The van der Waals surface area contributed by atoms with Crippen LogP contribution in [0.25, 0.3) is 0 Å². The SMILES string of the molecule is CCCC(O)C(=O)Cc1ccc(F)c(F)c1. The fourth-order valence-electron chi connectivity index (χ4n) is 1.40. The van der Waals surface area contributed by atoms with Crippen LogP contribution in [0.1, 0.15) is 25.3 Å². The van der Waals surface area contributed by atoms with Gasteiger partial charge in [0.1, 0.15) is 6.10 Å². The number of hydrogen-bond acceptors (Lipinski definition) is 2. The van der Waals surface area contributed by atoms with E-state index in [1.54, 1.807) is 0 Å². The van der Waals surface area contributed by atoms with Crippen LogP contribution >= 0.6 is 0 Å². The number of carbonyl (C=O) groups excluding carboxylic acids is 1. The predicted octanol–water partition coefficient (Wildman–Crippen LogP) is 2.24. The molecule has 0 amide bonds. The summed E-state index contributed by atoms with van der Waals surface area (Å²) in [6, 6.07) is 3.30. The van der Waals surface area contributed by atoms with E-state index in [-0.39, 0.29) is 12.2 Å². The maximum Gasteiger partial charge on any atom is 0.165 e. The molecule has 4 heteroatoms. The summed E-state index contributed by atoms with van der Waals surface area (Å²) in [5, 5.41) is 9.39. The molecule has 0 saturated heterocycles. The van der Waals surface area contributed by atoms with Gasteiger partial charge in [0.2, 0.25) is 0 Å². The Kier molecular flexibility index (Phi) is 4.55. The molecule has 1 atom stereocenters. The van der Waals surface area contributed by atoms with Crippen LogP contribution in [0.15, 0.2) is 18.2 Å². The second-order valence-electron chi connectivity index (χ2n) is 3.70. The van der Waals surface area contributed by atoms with E-state index >= 15 is 0 Å². The molecular formula is C12H14F2O2. The summed E-state index contributed by atoms with van der Waals surface area (Å²) in [6.45, 7) is 1.86. The number of halogens is 2. The van der Waals surface area contributed by atoms with Crippen molar-refractivity contribution in [3.05, 3.63) is 35.4 Å². The van der Waals surface area contributed by atoms with Crippen LogP contribution in [0.2, 0.25) is 0 Å². The first-order valence-corrected chi connectivity index (χ1v) is 5.19. The summed E-state index contributed by atoms with van der Waals surface area (Å²) < 4.78 is 25.4. The molecular weight excluding hydrogens is 214 g/mol. The Bertz CT molecular complexity index is 377. The zero-order valence-electron chi connectivity index (χ0n) is 9.04. The van der Waals surface area contributed by atoms with Crippen molar-refractivity contribution in [3.8, 4) is 0 Å². The maximum absolute atomic E-state index is 12.8. The topological polar surface area (TPSA) is 37.3 Å². The lowest BCUT2D eigenvalue weighted by molar-refractivity contribution is -0.126. The van der Waals surface area contributed by atoms with E-state index in [1.807, 2.05) is 6.92 Å². The van der Waals surface area contributed by atoms with Crippen molar-refractivity contribution in [2.24, 2.45) is 0 Å². The largest absolute Gasteiger partial charge is 0.385 e. The standard InChI is InChI=1S/C12H14F2O2/c1-2-3-11(15)12(16)7-8-4-5-9(13)10(14)6-8/h4-6,11,15H,2-3,7H2,1H3. The zero-order valence-corrected chi connectivity index (χ0v) is 9.04. The molecule has 16 heavy (non-hydrogen) atoms. The highest BCUT2D eigenvalue weighted by molar-refractivity contribution is 5.84. The van der Waals surface area contributed by atoms with Gasteiger partial charge in [0.05, 0.1) is 0 Å². The Morgan fingerprint density at radius 3 is 2.62 bits per heavy atom. The van der Waals surface area contributed by atoms with E-state index < -0.39 is 17.7 Å². The number of carbonyl (C=O) groups is 1. The minimum Gasteiger partial charge on any atom is -0.385 e. The van der Waals surface area contributed by atoms with Crippen molar-refractivity contribution >= 4 is 5.78 Å². The molecule has 0 saturated carbocycles. The second-order valence-corrected chi connectivity index (χ2v) is 3.70. The summed E-state index contributed by atoms with van der Waals surface area (Å²) in [4.78, 5) is 11.4. The lowest BCUT2D eigenvalue weighted by Gasteiger charge is -2.08. The van der Waals surface area contributed by atoms with Gasteiger partial charge in [-0.25, -0.2) is 8.78 Å². The van der Waals surface area contributed by atoms with Crippen LogP contribution in [0.5, 0.6) is 0 Å². The summed E-state index contributed by atoms with van der Waals surface area (Å²) in [5.41, 5.74) is 0.374. The van der Waals surface area contributed by atoms with Gasteiger partial charge in [0.25, 0.3) is 0 Å². The minimum absolute atomic E-state index is 0.0711. The second kappa shape index (κ2) is 5.70. The van der Waals surface area contributed by atoms with E-state index in [9.17, 15) is 18.7 Å². The minimum atomic E-state index is -1.02. The lowest BCUT2D eigenvalue weighted by Crippen LogP contribution is -2.22. The molecule has 1 aromatic carbocycles. The number of aliphatic hydroxyl groups excluding tert-OH is 1. The Hall–Kier alpha value is -1.29. The first kappa shape index (κ1) is 12.8. The number of Topliss-reactive ketones (excluding diaryl/α,β-unsaturated/α-hetero) is 1. The molecule has 0 radical (unpaired) electrons. The smallest absolute Gasteiger partial charge is 0.165 e. The van der Waals surface area contributed by atoms with Gasteiger partial charge < -0.3 is 5.11 Å². The van der Waals surface area contributed by atoms with Gasteiger partial charge in [-0.2, -0.15) is 0 Å². The van der Waals surface area contributed by atoms with E-state index in [0.29, 0.717) is 18.4 Å². The first-order valence-electron chi connectivity index (χ1n) is 5.19. The van der Waals surface area contributed by atoms with Crippen molar-refractivity contribution < 1.29 is 18.7 Å². The van der Waals surface area contributed by atoms with E-state index in [1.165, 1.54) is 6.07 Å². The molecule has 88 valence electrons. The van der Waals surface area contributed by atoms with Crippen LogP contribution in [-0.2, 0) is 11.2 Å². The number of ketones is 1. The lowest BCUT2D eigenvalue weighted by atomic mass is 10.0. The van der Waals surface area contributed by atoms with Crippen LogP contribution in [0.4, 0.5) is 8.78 Å². The quantitative estimate of drug-likeness (QED) is 0.839. The molecule has 0 aliphatic heterocycles. The molecule has 1 aromatic rings. The van der Waals surface area contributed by atoms with Gasteiger partial charge >= 0.3 is 0 Å². The van der Waals surface area contributed by atoms with Crippen LogP contribution in [0, 0.1) is 11.6 Å².